The molecule has 19 heavy (non-hydrogen) atoms. The standard InChI is InChI=1S/C15H30N2O2/c1-3-6-16-15-5-8-19-12-14(15)10-17-7-4-13(9-17)11-18-2/h13-16H,3-12H2,1-2H3. The van der Waals surface area contributed by atoms with Crippen molar-refractivity contribution >= 4 is 0 Å². The van der Waals surface area contributed by atoms with E-state index in [0.717, 1.165) is 32.3 Å². The van der Waals surface area contributed by atoms with Crippen LogP contribution < -0.4 is 5.32 Å². The van der Waals surface area contributed by atoms with Crippen molar-refractivity contribution < 1.29 is 9.47 Å². The van der Waals surface area contributed by atoms with E-state index in [0.29, 0.717) is 12.0 Å². The van der Waals surface area contributed by atoms with Crippen LogP contribution in [0, 0.1) is 11.8 Å². The van der Waals surface area contributed by atoms with Gasteiger partial charge < -0.3 is 19.7 Å². The minimum Gasteiger partial charge on any atom is -0.384 e. The van der Waals surface area contributed by atoms with Crippen molar-refractivity contribution in [2.45, 2.75) is 32.2 Å². The van der Waals surface area contributed by atoms with Crippen molar-refractivity contribution in [2.24, 2.45) is 11.8 Å². The highest BCUT2D eigenvalue weighted by Gasteiger charge is 2.30. The fourth-order valence-corrected chi connectivity index (χ4v) is 3.36. The van der Waals surface area contributed by atoms with Gasteiger partial charge in [-0.05, 0) is 38.3 Å². The zero-order valence-electron chi connectivity index (χ0n) is 12.6. The van der Waals surface area contributed by atoms with Gasteiger partial charge in [-0.1, -0.05) is 6.92 Å². The van der Waals surface area contributed by atoms with Gasteiger partial charge in [0, 0.05) is 38.8 Å². The second-order valence-electron chi connectivity index (χ2n) is 6.05. The molecule has 2 fully saturated rings. The van der Waals surface area contributed by atoms with E-state index >= 15 is 0 Å². The van der Waals surface area contributed by atoms with Crippen molar-refractivity contribution in [1.29, 1.82) is 0 Å². The highest BCUT2D eigenvalue weighted by Crippen LogP contribution is 2.21. The lowest BCUT2D eigenvalue weighted by atomic mass is 9.95. The number of nitrogens with one attached hydrogen (secondary N) is 1. The van der Waals surface area contributed by atoms with Crippen LogP contribution in [-0.4, -0.2) is 64.1 Å². The molecule has 0 bridgehead atoms. The summed E-state index contributed by atoms with van der Waals surface area (Å²) in [6.07, 6.45) is 3.66. The molecule has 0 spiro atoms. The number of hydrogen-bond acceptors (Lipinski definition) is 4. The van der Waals surface area contributed by atoms with E-state index in [-0.39, 0.29) is 0 Å². The number of rotatable bonds is 7. The monoisotopic (exact) mass is 270 g/mol. The second kappa shape index (κ2) is 8.20. The molecule has 112 valence electrons. The molecule has 0 aromatic rings. The molecule has 2 rings (SSSR count). The predicted octanol–water partition coefficient (Wildman–Crippen LogP) is 1.36. The molecule has 3 unspecified atom stereocenters. The first-order valence-corrected chi connectivity index (χ1v) is 7.86. The highest BCUT2D eigenvalue weighted by atomic mass is 16.5. The molecule has 2 heterocycles. The van der Waals surface area contributed by atoms with Crippen molar-refractivity contribution in [1.82, 2.24) is 10.2 Å². The highest BCUT2D eigenvalue weighted by molar-refractivity contribution is 4.85. The Morgan fingerprint density at radius 3 is 3.05 bits per heavy atom. The Kier molecular flexibility index (Phi) is 6.57. The maximum absolute atomic E-state index is 5.69. The smallest absolute Gasteiger partial charge is 0.0521 e. The number of hydrogen-bond donors (Lipinski definition) is 1. The molecule has 1 N–H and O–H groups in total. The van der Waals surface area contributed by atoms with E-state index in [1.54, 1.807) is 0 Å². The van der Waals surface area contributed by atoms with E-state index in [1.807, 2.05) is 7.11 Å². The van der Waals surface area contributed by atoms with Gasteiger partial charge >= 0.3 is 0 Å². The summed E-state index contributed by atoms with van der Waals surface area (Å²) in [5.74, 6) is 1.39. The molecule has 2 aliphatic rings. The van der Waals surface area contributed by atoms with Gasteiger partial charge in [0.05, 0.1) is 13.2 Å². The number of ether oxygens (including phenoxy) is 2. The minimum absolute atomic E-state index is 0.648. The van der Waals surface area contributed by atoms with Crippen LogP contribution in [0.4, 0.5) is 0 Å². The maximum Gasteiger partial charge on any atom is 0.0521 e. The molecule has 0 amide bonds. The summed E-state index contributed by atoms with van der Waals surface area (Å²) in [5, 5.41) is 3.70. The number of nitrogens with zero attached hydrogens (tertiary/aromatic N) is 1. The molecule has 3 atom stereocenters. The molecule has 4 nitrogen and oxygen atoms in total. The Balaban J connectivity index is 1.76. The normalized spacial score (nSPS) is 32.8. The molecule has 2 saturated heterocycles. The first-order valence-electron chi connectivity index (χ1n) is 7.86. The maximum atomic E-state index is 5.69. The lowest BCUT2D eigenvalue weighted by molar-refractivity contribution is 0.0186. The lowest BCUT2D eigenvalue weighted by Gasteiger charge is -2.35. The van der Waals surface area contributed by atoms with Gasteiger partial charge in [-0.2, -0.15) is 0 Å². The summed E-state index contributed by atoms with van der Waals surface area (Å²) in [7, 11) is 1.81. The summed E-state index contributed by atoms with van der Waals surface area (Å²) < 4.78 is 11.0. The van der Waals surface area contributed by atoms with E-state index in [1.165, 1.54) is 38.9 Å². The SMILES string of the molecule is CCCNC1CCOCC1CN1CCC(COC)C1. The van der Waals surface area contributed by atoms with E-state index in [2.05, 4.69) is 17.1 Å². The van der Waals surface area contributed by atoms with Crippen LogP contribution in [0.15, 0.2) is 0 Å². The molecule has 0 saturated carbocycles. The molecular formula is C15H30N2O2. The van der Waals surface area contributed by atoms with Crippen LogP contribution in [0.1, 0.15) is 26.2 Å². The minimum atomic E-state index is 0.648. The third kappa shape index (κ3) is 4.71. The van der Waals surface area contributed by atoms with Crippen LogP contribution in [0.3, 0.4) is 0 Å². The van der Waals surface area contributed by atoms with Crippen LogP contribution >= 0.6 is 0 Å². The summed E-state index contributed by atoms with van der Waals surface area (Å²) in [6.45, 7) is 9.73. The molecule has 0 aromatic carbocycles. The van der Waals surface area contributed by atoms with Crippen LogP contribution in [-0.2, 0) is 9.47 Å². The van der Waals surface area contributed by atoms with E-state index < -0.39 is 0 Å². The first-order chi connectivity index (χ1) is 9.33. The zero-order chi connectivity index (χ0) is 13.5. The second-order valence-corrected chi connectivity index (χ2v) is 6.05. The molecular weight excluding hydrogens is 240 g/mol. The Morgan fingerprint density at radius 1 is 1.37 bits per heavy atom. The van der Waals surface area contributed by atoms with Gasteiger partial charge in [0.1, 0.15) is 0 Å². The molecule has 2 aliphatic heterocycles. The molecule has 0 radical (unpaired) electrons. The Labute approximate surface area is 117 Å². The van der Waals surface area contributed by atoms with Crippen LogP contribution in [0.2, 0.25) is 0 Å². The van der Waals surface area contributed by atoms with Crippen molar-refractivity contribution in [3.8, 4) is 0 Å². The van der Waals surface area contributed by atoms with Gasteiger partial charge in [0.2, 0.25) is 0 Å². The lowest BCUT2D eigenvalue weighted by Crippen LogP contribution is -2.47. The van der Waals surface area contributed by atoms with Gasteiger partial charge in [0.15, 0.2) is 0 Å². The van der Waals surface area contributed by atoms with Crippen LogP contribution in [0.25, 0.3) is 0 Å². The summed E-state index contributed by atoms with van der Waals surface area (Å²) >= 11 is 0. The molecule has 4 heteroatoms. The third-order valence-corrected chi connectivity index (χ3v) is 4.40. The van der Waals surface area contributed by atoms with Gasteiger partial charge in [-0.25, -0.2) is 0 Å². The predicted molar refractivity (Wildman–Crippen MR) is 77.4 cm³/mol. The van der Waals surface area contributed by atoms with Crippen molar-refractivity contribution in [3.63, 3.8) is 0 Å². The van der Waals surface area contributed by atoms with Gasteiger partial charge in [0.25, 0.3) is 0 Å². The van der Waals surface area contributed by atoms with Gasteiger partial charge in [-0.3, -0.25) is 0 Å². The Bertz CT molecular complexity index is 250. The molecule has 0 aromatic heterocycles. The summed E-state index contributed by atoms with van der Waals surface area (Å²) in [5.41, 5.74) is 0. The van der Waals surface area contributed by atoms with Crippen molar-refractivity contribution in [2.75, 3.05) is 53.1 Å². The quantitative estimate of drug-likeness (QED) is 0.757. The van der Waals surface area contributed by atoms with E-state index in [4.69, 9.17) is 9.47 Å². The number of methoxy groups -OCH3 is 1. The Hall–Kier alpha value is -0.160. The summed E-state index contributed by atoms with van der Waals surface area (Å²) in [6, 6.07) is 0.648. The van der Waals surface area contributed by atoms with Crippen molar-refractivity contribution in [3.05, 3.63) is 0 Å². The third-order valence-electron chi connectivity index (χ3n) is 4.40. The van der Waals surface area contributed by atoms with Gasteiger partial charge in [-0.15, -0.1) is 0 Å². The Morgan fingerprint density at radius 2 is 2.26 bits per heavy atom. The fraction of sp³-hybridized carbons (Fsp3) is 1.00. The average molecular weight is 270 g/mol. The zero-order valence-corrected chi connectivity index (χ0v) is 12.6. The first kappa shape index (κ1) is 15.2. The van der Waals surface area contributed by atoms with E-state index in [9.17, 15) is 0 Å². The summed E-state index contributed by atoms with van der Waals surface area (Å²) in [4.78, 5) is 2.60. The largest absolute Gasteiger partial charge is 0.384 e. The topological polar surface area (TPSA) is 33.7 Å². The number of likely N-dealkylation sites (tertiary alicyclic amines) is 1. The van der Waals surface area contributed by atoms with Crippen LogP contribution in [0.5, 0.6) is 0 Å². The molecule has 0 aliphatic carbocycles. The fourth-order valence-electron chi connectivity index (χ4n) is 3.36. The average Bonchev–Trinajstić information content (AvgIpc) is 2.86.